The van der Waals surface area contributed by atoms with Gasteiger partial charge >= 0.3 is 0 Å². The van der Waals surface area contributed by atoms with E-state index in [-0.39, 0.29) is 16.1 Å². The van der Waals surface area contributed by atoms with Crippen molar-refractivity contribution in [2.75, 3.05) is 43.4 Å². The van der Waals surface area contributed by atoms with Gasteiger partial charge in [-0.15, -0.1) is 0 Å². The Morgan fingerprint density at radius 2 is 1.93 bits per heavy atom. The molecule has 4 N–H and O–H groups in total. The number of hydrogen-bond acceptors (Lipinski definition) is 9. The number of benzene rings is 1. The molecule has 2 aliphatic carbocycles. The number of nitrogen functional groups attached to an aromatic ring is 1. The number of rotatable bonds is 6. The van der Waals surface area contributed by atoms with Crippen LogP contribution >= 0.6 is 0 Å². The first-order valence-electron chi connectivity index (χ1n) is 15.4. The molecule has 2 fully saturated rings. The summed E-state index contributed by atoms with van der Waals surface area (Å²) in [7, 11) is -3.82. The molecule has 1 aromatic carbocycles. The van der Waals surface area contributed by atoms with Crippen molar-refractivity contribution < 1.29 is 13.2 Å². The Bertz CT molecular complexity index is 1630. The summed E-state index contributed by atoms with van der Waals surface area (Å²) in [5.41, 5.74) is 11.3. The maximum atomic E-state index is 13.4. The van der Waals surface area contributed by atoms with Gasteiger partial charge in [-0.25, -0.2) is 28.1 Å². The van der Waals surface area contributed by atoms with E-state index in [2.05, 4.69) is 44.8 Å². The predicted molar refractivity (Wildman–Crippen MR) is 166 cm³/mol. The van der Waals surface area contributed by atoms with Crippen LogP contribution in [0.25, 0.3) is 11.1 Å². The molecule has 0 amide bonds. The van der Waals surface area contributed by atoms with Crippen molar-refractivity contribution in [2.24, 2.45) is 23.2 Å². The number of anilines is 2. The second-order valence-corrected chi connectivity index (χ2v) is 15.3. The van der Waals surface area contributed by atoms with Crippen LogP contribution in [0.3, 0.4) is 0 Å². The average molecular weight is 604 g/mol. The van der Waals surface area contributed by atoms with Crippen LogP contribution in [0.4, 0.5) is 11.6 Å². The fraction of sp³-hybridized carbons (Fsp3) is 0.531. The highest BCUT2D eigenvalue weighted by molar-refractivity contribution is 7.89. The van der Waals surface area contributed by atoms with E-state index in [1.807, 2.05) is 12.1 Å². The molecule has 1 saturated carbocycles. The van der Waals surface area contributed by atoms with Gasteiger partial charge in [-0.05, 0) is 92.1 Å². The zero-order chi connectivity index (χ0) is 29.8. The van der Waals surface area contributed by atoms with Crippen LogP contribution in [0.5, 0.6) is 5.75 Å². The molecule has 1 saturated heterocycles. The molecule has 3 aromatic rings. The normalized spacial score (nSPS) is 24.5. The van der Waals surface area contributed by atoms with E-state index in [0.717, 1.165) is 73.6 Å². The summed E-state index contributed by atoms with van der Waals surface area (Å²) < 4.78 is 35.8. The van der Waals surface area contributed by atoms with E-state index < -0.39 is 10.0 Å². The fourth-order valence-corrected chi connectivity index (χ4v) is 8.70. The Morgan fingerprint density at radius 3 is 2.74 bits per heavy atom. The minimum atomic E-state index is -3.82. The van der Waals surface area contributed by atoms with Gasteiger partial charge in [0.2, 0.25) is 10.0 Å². The van der Waals surface area contributed by atoms with Crippen LogP contribution in [0, 0.1) is 23.2 Å². The minimum Gasteiger partial charge on any atom is -0.491 e. The maximum Gasteiger partial charge on any atom is 0.244 e. The molecule has 10 nitrogen and oxygen atoms in total. The summed E-state index contributed by atoms with van der Waals surface area (Å²) in [6.07, 6.45) is 8.46. The van der Waals surface area contributed by atoms with Gasteiger partial charge in [0.25, 0.3) is 0 Å². The van der Waals surface area contributed by atoms with Crippen molar-refractivity contribution in [1.29, 1.82) is 0 Å². The third-order valence-corrected chi connectivity index (χ3v) is 11.3. The highest BCUT2D eigenvalue weighted by Crippen LogP contribution is 2.40. The molecule has 3 atom stereocenters. The van der Waals surface area contributed by atoms with Gasteiger partial charge in [-0.1, -0.05) is 19.9 Å². The highest BCUT2D eigenvalue weighted by Gasteiger charge is 2.37. The number of aryl methyl sites for hydroxylation is 1. The van der Waals surface area contributed by atoms with E-state index in [9.17, 15) is 8.42 Å². The molecule has 4 heterocycles. The molecule has 0 spiro atoms. The molecule has 0 bridgehead atoms. The van der Waals surface area contributed by atoms with Gasteiger partial charge in [-0.2, -0.15) is 0 Å². The molecule has 11 heteroatoms. The van der Waals surface area contributed by atoms with Crippen molar-refractivity contribution in [3.63, 3.8) is 0 Å². The largest absolute Gasteiger partial charge is 0.491 e. The van der Waals surface area contributed by atoms with Crippen LogP contribution in [0.1, 0.15) is 49.9 Å². The van der Waals surface area contributed by atoms with Gasteiger partial charge in [0.1, 0.15) is 35.2 Å². The van der Waals surface area contributed by atoms with Crippen LogP contribution in [-0.2, 0) is 29.4 Å². The molecular weight excluding hydrogens is 562 g/mol. The van der Waals surface area contributed by atoms with E-state index in [0.29, 0.717) is 49.6 Å². The van der Waals surface area contributed by atoms with Crippen molar-refractivity contribution in [3.8, 4) is 16.9 Å². The number of sulfonamides is 1. The van der Waals surface area contributed by atoms with Crippen LogP contribution in [0.2, 0.25) is 0 Å². The number of hydrogen-bond donors (Lipinski definition) is 3. The first-order chi connectivity index (χ1) is 20.6. The average Bonchev–Trinajstić information content (AvgIpc) is 3.51. The number of nitrogens with one attached hydrogen (secondary N) is 2. The Balaban J connectivity index is 1.13. The predicted octanol–water partition coefficient (Wildman–Crippen LogP) is 3.56. The molecular formula is C32H41N7O3S. The lowest BCUT2D eigenvalue weighted by Crippen LogP contribution is -2.31. The summed E-state index contributed by atoms with van der Waals surface area (Å²) in [5, 5.41) is 3.44. The lowest BCUT2D eigenvalue weighted by molar-refractivity contribution is 0.310. The Morgan fingerprint density at radius 1 is 1.12 bits per heavy atom. The number of pyridine rings is 1. The van der Waals surface area contributed by atoms with Gasteiger partial charge in [0.15, 0.2) is 0 Å². The second kappa shape index (κ2) is 11.0. The first kappa shape index (κ1) is 28.5. The van der Waals surface area contributed by atoms with Crippen molar-refractivity contribution in [2.45, 2.75) is 57.4 Å². The molecule has 0 radical (unpaired) electrons. The second-order valence-electron chi connectivity index (χ2n) is 13.5. The van der Waals surface area contributed by atoms with Crippen molar-refractivity contribution >= 4 is 21.7 Å². The van der Waals surface area contributed by atoms with Gasteiger partial charge in [0.05, 0.1) is 6.54 Å². The number of ether oxygens (including phenoxy) is 1. The molecule has 2 aromatic heterocycles. The SMILES string of the molecule is CC1(C)CCc2ncnc(N3CCOc4ccc(-c5cnc(N)c(S(=O)(=O)NCC6C[C@H]7CNC[C@H]7C6)c5)cc4C3)c2C1. The van der Waals surface area contributed by atoms with E-state index in [1.54, 1.807) is 18.6 Å². The molecule has 4 aliphatic rings. The quantitative estimate of drug-likeness (QED) is 0.387. The molecule has 1 unspecified atom stereocenters. The van der Waals surface area contributed by atoms with E-state index >= 15 is 0 Å². The zero-order valence-electron chi connectivity index (χ0n) is 25.0. The van der Waals surface area contributed by atoms with Crippen molar-refractivity contribution in [1.82, 2.24) is 25.0 Å². The van der Waals surface area contributed by atoms with E-state index in [4.69, 9.17) is 15.5 Å². The van der Waals surface area contributed by atoms with Crippen LogP contribution in [0.15, 0.2) is 41.7 Å². The summed E-state index contributed by atoms with van der Waals surface area (Å²) >= 11 is 0. The molecule has 43 heavy (non-hydrogen) atoms. The van der Waals surface area contributed by atoms with Gasteiger partial charge < -0.3 is 20.7 Å². The Labute approximate surface area is 253 Å². The zero-order valence-corrected chi connectivity index (χ0v) is 25.8. The summed E-state index contributed by atoms with van der Waals surface area (Å²) in [5.74, 6) is 3.47. The standard InChI is InChI=1S/C32H41N7O3S/c1-32(2)6-5-27-26(13-32)31(37-19-36-27)39-7-8-42-28-4-3-21(11-25(28)18-39)24-12-29(30(33)35-17-24)43(40,41)38-14-20-9-22-15-34-16-23(22)10-20/h3-4,11-12,17,19-20,22-23,34,38H,5-10,13-16,18H2,1-2H3,(H2,33,35)/t20?,22-,23+. The lowest BCUT2D eigenvalue weighted by Gasteiger charge is -2.33. The van der Waals surface area contributed by atoms with Gasteiger partial charge in [-0.3, -0.25) is 0 Å². The highest BCUT2D eigenvalue weighted by atomic mass is 32.2. The number of nitrogens with zero attached hydrogens (tertiary/aromatic N) is 4. The van der Waals surface area contributed by atoms with Crippen molar-refractivity contribution in [3.05, 3.63) is 53.6 Å². The smallest absolute Gasteiger partial charge is 0.244 e. The monoisotopic (exact) mass is 603 g/mol. The third kappa shape index (κ3) is 5.70. The first-order valence-corrected chi connectivity index (χ1v) is 16.9. The summed E-state index contributed by atoms with van der Waals surface area (Å²) in [6, 6.07) is 7.61. The third-order valence-electron chi connectivity index (χ3n) is 9.86. The Hall–Kier alpha value is -3.28. The number of nitrogens with two attached hydrogens (primary N) is 1. The Kier molecular flexibility index (Phi) is 7.30. The summed E-state index contributed by atoms with van der Waals surface area (Å²) in [6.45, 7) is 9.00. The lowest BCUT2D eigenvalue weighted by atomic mass is 9.76. The maximum absolute atomic E-state index is 13.4. The summed E-state index contributed by atoms with van der Waals surface area (Å²) in [4.78, 5) is 15.9. The fourth-order valence-electron chi connectivity index (χ4n) is 7.48. The minimum absolute atomic E-state index is 0.00414. The molecule has 2 aliphatic heterocycles. The molecule has 228 valence electrons. The molecule has 7 rings (SSSR count). The van der Waals surface area contributed by atoms with Crippen LogP contribution in [-0.4, -0.2) is 56.2 Å². The number of aromatic nitrogens is 3. The van der Waals surface area contributed by atoms with Crippen LogP contribution < -0.4 is 25.4 Å². The number of fused-ring (bicyclic) bond motifs is 3. The van der Waals surface area contributed by atoms with E-state index in [1.165, 1.54) is 5.56 Å². The topological polar surface area (TPSA) is 135 Å². The van der Waals surface area contributed by atoms with Gasteiger partial charge in [0, 0.05) is 41.7 Å².